The molecular formula is C13H20N2O4S. The number of nitrogens with one attached hydrogen (secondary N) is 1. The van der Waals surface area contributed by atoms with Gasteiger partial charge in [-0.15, -0.1) is 0 Å². The van der Waals surface area contributed by atoms with Crippen LogP contribution in [0, 0.1) is 0 Å². The first kappa shape index (κ1) is 16.6. The SMILES string of the molecule is CC(C)N(C)S(=O)(=O)NCc1ccc(CC(=O)O)cc1. The Morgan fingerprint density at radius 1 is 1.25 bits per heavy atom. The first-order valence-electron chi connectivity index (χ1n) is 6.24. The molecule has 0 radical (unpaired) electrons. The second-order valence-corrected chi connectivity index (χ2v) is 6.64. The fraction of sp³-hybridized carbons (Fsp3) is 0.462. The van der Waals surface area contributed by atoms with Crippen LogP contribution in [-0.2, 0) is 28.0 Å². The normalized spacial score (nSPS) is 12.1. The molecule has 0 heterocycles. The van der Waals surface area contributed by atoms with Crippen LogP contribution >= 0.6 is 0 Å². The molecule has 1 rings (SSSR count). The van der Waals surface area contributed by atoms with Gasteiger partial charge in [-0.05, 0) is 25.0 Å². The summed E-state index contributed by atoms with van der Waals surface area (Å²) in [5.74, 6) is -0.892. The Morgan fingerprint density at radius 3 is 2.20 bits per heavy atom. The van der Waals surface area contributed by atoms with E-state index in [2.05, 4.69) is 4.72 Å². The van der Waals surface area contributed by atoms with Gasteiger partial charge in [-0.25, -0.2) is 0 Å². The first-order valence-corrected chi connectivity index (χ1v) is 7.68. The van der Waals surface area contributed by atoms with E-state index in [1.54, 1.807) is 38.1 Å². The predicted molar refractivity (Wildman–Crippen MR) is 76.4 cm³/mol. The molecule has 0 saturated carbocycles. The van der Waals surface area contributed by atoms with Crippen LogP contribution in [0.4, 0.5) is 0 Å². The van der Waals surface area contributed by atoms with Crippen molar-refractivity contribution in [2.75, 3.05) is 7.05 Å². The van der Waals surface area contributed by atoms with Gasteiger partial charge in [-0.2, -0.15) is 17.4 Å². The molecule has 0 bridgehead atoms. The molecule has 0 aliphatic carbocycles. The smallest absolute Gasteiger partial charge is 0.307 e. The topological polar surface area (TPSA) is 86.7 Å². The molecule has 0 amide bonds. The molecule has 0 fully saturated rings. The summed E-state index contributed by atoms with van der Waals surface area (Å²) in [5.41, 5.74) is 1.46. The zero-order chi connectivity index (χ0) is 15.3. The predicted octanol–water partition coefficient (Wildman–Crippen LogP) is 0.988. The maximum atomic E-state index is 11.9. The molecule has 1 aromatic carbocycles. The maximum Gasteiger partial charge on any atom is 0.307 e. The molecule has 0 aliphatic rings. The fourth-order valence-electron chi connectivity index (χ4n) is 1.50. The van der Waals surface area contributed by atoms with Gasteiger partial charge >= 0.3 is 5.97 Å². The second kappa shape index (κ2) is 6.83. The van der Waals surface area contributed by atoms with Gasteiger partial charge in [0.2, 0.25) is 0 Å². The molecule has 0 aromatic heterocycles. The lowest BCUT2D eigenvalue weighted by Gasteiger charge is -2.21. The van der Waals surface area contributed by atoms with Gasteiger partial charge in [0.25, 0.3) is 10.2 Å². The number of carboxylic acids is 1. The Kier molecular flexibility index (Phi) is 5.67. The van der Waals surface area contributed by atoms with Crippen LogP contribution in [0.3, 0.4) is 0 Å². The summed E-state index contributed by atoms with van der Waals surface area (Å²) in [4.78, 5) is 10.6. The summed E-state index contributed by atoms with van der Waals surface area (Å²) >= 11 is 0. The number of carbonyl (C=O) groups is 1. The summed E-state index contributed by atoms with van der Waals surface area (Å²) in [7, 11) is -1.98. The van der Waals surface area contributed by atoms with E-state index < -0.39 is 16.2 Å². The summed E-state index contributed by atoms with van der Waals surface area (Å²) in [5, 5.41) is 8.66. The van der Waals surface area contributed by atoms with Crippen molar-refractivity contribution in [3.8, 4) is 0 Å². The van der Waals surface area contributed by atoms with E-state index in [9.17, 15) is 13.2 Å². The van der Waals surface area contributed by atoms with Crippen LogP contribution in [0.2, 0.25) is 0 Å². The highest BCUT2D eigenvalue weighted by Gasteiger charge is 2.19. The maximum absolute atomic E-state index is 11.9. The van der Waals surface area contributed by atoms with Crippen molar-refractivity contribution in [3.63, 3.8) is 0 Å². The van der Waals surface area contributed by atoms with Crippen molar-refractivity contribution in [2.24, 2.45) is 0 Å². The third-order valence-electron chi connectivity index (χ3n) is 2.94. The molecule has 6 nitrogen and oxygen atoms in total. The van der Waals surface area contributed by atoms with Crippen molar-refractivity contribution in [2.45, 2.75) is 32.9 Å². The van der Waals surface area contributed by atoms with E-state index in [1.165, 1.54) is 11.4 Å². The molecule has 7 heteroatoms. The Morgan fingerprint density at radius 2 is 1.75 bits per heavy atom. The third-order valence-corrected chi connectivity index (χ3v) is 4.63. The van der Waals surface area contributed by atoms with Gasteiger partial charge in [-0.1, -0.05) is 24.3 Å². The van der Waals surface area contributed by atoms with E-state index in [0.717, 1.165) is 5.56 Å². The van der Waals surface area contributed by atoms with Crippen molar-refractivity contribution >= 4 is 16.2 Å². The van der Waals surface area contributed by atoms with Gasteiger partial charge in [0.15, 0.2) is 0 Å². The minimum atomic E-state index is -3.50. The molecule has 1 aromatic rings. The fourth-order valence-corrected chi connectivity index (χ4v) is 2.61. The molecule has 0 aliphatic heterocycles. The van der Waals surface area contributed by atoms with Gasteiger partial charge in [0.1, 0.15) is 0 Å². The Hall–Kier alpha value is -1.44. The molecule has 0 saturated heterocycles. The number of hydrogen-bond acceptors (Lipinski definition) is 3. The highest BCUT2D eigenvalue weighted by Crippen LogP contribution is 2.07. The number of rotatable bonds is 7. The second-order valence-electron chi connectivity index (χ2n) is 4.82. The number of aliphatic carboxylic acids is 1. The standard InChI is InChI=1S/C13H20N2O4S/c1-10(2)15(3)20(18,19)14-9-12-6-4-11(5-7-12)8-13(16)17/h4-7,10,14H,8-9H2,1-3H3,(H,16,17). The van der Waals surface area contributed by atoms with E-state index in [0.29, 0.717) is 5.56 Å². The minimum absolute atomic E-state index is 0.0396. The Balaban J connectivity index is 2.64. The van der Waals surface area contributed by atoms with Crippen molar-refractivity contribution in [3.05, 3.63) is 35.4 Å². The average Bonchev–Trinajstić information content (AvgIpc) is 2.36. The van der Waals surface area contributed by atoms with Crippen LogP contribution < -0.4 is 4.72 Å². The summed E-state index contributed by atoms with van der Waals surface area (Å²) in [6.45, 7) is 3.76. The van der Waals surface area contributed by atoms with Crippen LogP contribution in [0.15, 0.2) is 24.3 Å². The lowest BCUT2D eigenvalue weighted by Crippen LogP contribution is -2.41. The Labute approximate surface area is 119 Å². The molecule has 0 unspecified atom stereocenters. The van der Waals surface area contributed by atoms with Gasteiger partial charge in [0, 0.05) is 19.6 Å². The summed E-state index contributed by atoms with van der Waals surface area (Å²) in [6.07, 6.45) is -0.0396. The van der Waals surface area contributed by atoms with Gasteiger partial charge in [-0.3, -0.25) is 4.79 Å². The highest BCUT2D eigenvalue weighted by molar-refractivity contribution is 7.87. The number of nitrogens with zero attached hydrogens (tertiary/aromatic N) is 1. The molecule has 20 heavy (non-hydrogen) atoms. The minimum Gasteiger partial charge on any atom is -0.481 e. The average molecular weight is 300 g/mol. The van der Waals surface area contributed by atoms with Crippen molar-refractivity contribution < 1.29 is 18.3 Å². The molecule has 112 valence electrons. The molecule has 2 N–H and O–H groups in total. The lowest BCUT2D eigenvalue weighted by molar-refractivity contribution is -0.136. The summed E-state index contributed by atoms with van der Waals surface area (Å²) < 4.78 is 27.5. The van der Waals surface area contributed by atoms with Crippen LogP contribution in [0.5, 0.6) is 0 Å². The van der Waals surface area contributed by atoms with E-state index in [-0.39, 0.29) is 19.0 Å². The first-order chi connectivity index (χ1) is 9.22. The van der Waals surface area contributed by atoms with E-state index in [1.807, 2.05) is 0 Å². The van der Waals surface area contributed by atoms with Crippen LogP contribution in [-0.4, -0.2) is 36.9 Å². The summed E-state index contributed by atoms with van der Waals surface area (Å²) in [6, 6.07) is 6.69. The number of hydrogen-bond donors (Lipinski definition) is 2. The quantitative estimate of drug-likeness (QED) is 0.786. The lowest BCUT2D eigenvalue weighted by atomic mass is 10.1. The molecule has 0 atom stereocenters. The van der Waals surface area contributed by atoms with Gasteiger partial charge < -0.3 is 5.11 Å². The number of benzene rings is 1. The third kappa shape index (κ3) is 4.92. The number of carboxylic acid groups (broad SMARTS) is 1. The zero-order valence-electron chi connectivity index (χ0n) is 11.8. The molecule has 0 spiro atoms. The van der Waals surface area contributed by atoms with Crippen LogP contribution in [0.1, 0.15) is 25.0 Å². The van der Waals surface area contributed by atoms with E-state index >= 15 is 0 Å². The molecular weight excluding hydrogens is 280 g/mol. The Bertz CT molecular complexity index is 552. The van der Waals surface area contributed by atoms with Crippen molar-refractivity contribution in [1.82, 2.24) is 9.03 Å². The monoisotopic (exact) mass is 300 g/mol. The van der Waals surface area contributed by atoms with Crippen LogP contribution in [0.25, 0.3) is 0 Å². The highest BCUT2D eigenvalue weighted by atomic mass is 32.2. The van der Waals surface area contributed by atoms with Gasteiger partial charge in [0.05, 0.1) is 6.42 Å². The van der Waals surface area contributed by atoms with E-state index in [4.69, 9.17) is 5.11 Å². The zero-order valence-corrected chi connectivity index (χ0v) is 12.6. The van der Waals surface area contributed by atoms with Crippen molar-refractivity contribution in [1.29, 1.82) is 0 Å². The largest absolute Gasteiger partial charge is 0.481 e.